The van der Waals surface area contributed by atoms with Crippen molar-refractivity contribution in [3.05, 3.63) is 58.1 Å². The molecular weight excluding hydrogens is 315 g/mol. The summed E-state index contributed by atoms with van der Waals surface area (Å²) in [4.78, 5) is 11.5. The zero-order valence-electron chi connectivity index (χ0n) is 15.5. The van der Waals surface area contributed by atoms with E-state index >= 15 is 0 Å². The summed E-state index contributed by atoms with van der Waals surface area (Å²) in [6, 6.07) is 10.6. The molecule has 0 radical (unpaired) electrons. The zero-order chi connectivity index (χ0) is 17.9. The minimum Gasteiger partial charge on any atom is -0.496 e. The smallest absolute Gasteiger partial charge is 0.150 e. The quantitative estimate of drug-likeness (QED) is 0.542. The lowest BCUT2D eigenvalue weighted by atomic mass is 9.92. The number of hydrogen-bond acceptors (Lipinski definition) is 2. The molecule has 0 heterocycles. The van der Waals surface area contributed by atoms with Gasteiger partial charge in [-0.2, -0.15) is 0 Å². The van der Waals surface area contributed by atoms with Crippen LogP contribution >= 0.6 is 8.58 Å². The number of rotatable bonds is 6. The van der Waals surface area contributed by atoms with Crippen molar-refractivity contribution < 1.29 is 9.53 Å². The van der Waals surface area contributed by atoms with Crippen LogP contribution in [-0.4, -0.2) is 13.4 Å². The molecule has 2 rings (SSSR count). The fourth-order valence-corrected chi connectivity index (χ4v) is 4.71. The monoisotopic (exact) mass is 342 g/mol. The Morgan fingerprint density at radius 2 is 1.83 bits per heavy atom. The van der Waals surface area contributed by atoms with Gasteiger partial charge >= 0.3 is 0 Å². The molecule has 0 aliphatic rings. The average molecular weight is 342 g/mol. The van der Waals surface area contributed by atoms with Crippen LogP contribution in [0.15, 0.2) is 30.3 Å². The van der Waals surface area contributed by atoms with Crippen molar-refractivity contribution >= 4 is 20.2 Å². The van der Waals surface area contributed by atoms with Gasteiger partial charge in [0.1, 0.15) is 5.75 Å². The molecule has 0 spiro atoms. The Hall–Kier alpha value is -1.66. The van der Waals surface area contributed by atoms with E-state index in [2.05, 4.69) is 52.0 Å². The van der Waals surface area contributed by atoms with Crippen molar-refractivity contribution in [2.24, 2.45) is 0 Å². The van der Waals surface area contributed by atoms with Crippen LogP contribution in [0.5, 0.6) is 5.75 Å². The van der Waals surface area contributed by atoms with E-state index in [4.69, 9.17) is 4.74 Å². The van der Waals surface area contributed by atoms with Crippen LogP contribution in [0.4, 0.5) is 0 Å². The van der Waals surface area contributed by atoms with E-state index in [1.54, 1.807) is 7.11 Å². The predicted molar refractivity (Wildman–Crippen MR) is 105 cm³/mol. The first-order valence-electron chi connectivity index (χ1n) is 8.34. The molecule has 3 heteroatoms. The average Bonchev–Trinajstić information content (AvgIpc) is 2.55. The number of carbonyl (C=O) groups excluding carboxylic acids is 1. The lowest BCUT2D eigenvalue weighted by Crippen LogP contribution is -2.21. The topological polar surface area (TPSA) is 26.3 Å². The minimum absolute atomic E-state index is 0.0604. The molecule has 0 saturated heterocycles. The van der Waals surface area contributed by atoms with Crippen LogP contribution < -0.4 is 10.0 Å². The maximum absolute atomic E-state index is 11.5. The van der Waals surface area contributed by atoms with Gasteiger partial charge in [0.25, 0.3) is 0 Å². The van der Waals surface area contributed by atoms with E-state index < -0.39 is 0 Å². The van der Waals surface area contributed by atoms with Gasteiger partial charge < -0.3 is 4.74 Å². The number of methoxy groups -OCH3 is 1. The molecule has 0 aliphatic heterocycles. The summed E-state index contributed by atoms with van der Waals surface area (Å²) in [5, 5.41) is 1.07. The second-order valence-corrected chi connectivity index (χ2v) is 8.57. The normalized spacial score (nSPS) is 13.9. The second-order valence-electron chi connectivity index (χ2n) is 6.68. The Morgan fingerprint density at radius 3 is 2.42 bits per heavy atom. The molecule has 2 unspecified atom stereocenters. The number of aryl methyl sites for hydroxylation is 3. The molecule has 0 aromatic heterocycles. The molecule has 0 saturated carbocycles. The summed E-state index contributed by atoms with van der Waals surface area (Å²) in [5.41, 5.74) is 5.56. The van der Waals surface area contributed by atoms with Crippen molar-refractivity contribution in [3.8, 4) is 5.75 Å². The number of ether oxygens (including phenoxy) is 1. The van der Waals surface area contributed by atoms with Gasteiger partial charge in [-0.3, -0.25) is 4.79 Å². The van der Waals surface area contributed by atoms with Crippen LogP contribution in [0.3, 0.4) is 0 Å². The van der Waals surface area contributed by atoms with Crippen molar-refractivity contribution in [2.45, 2.75) is 46.2 Å². The van der Waals surface area contributed by atoms with Gasteiger partial charge in [0.15, 0.2) is 6.29 Å². The predicted octanol–water partition coefficient (Wildman–Crippen LogP) is 5.06. The molecule has 0 N–H and O–H groups in total. The fraction of sp³-hybridized carbons (Fsp3) is 0.381. The minimum atomic E-state index is -0.0604. The highest BCUT2D eigenvalue weighted by atomic mass is 31.1. The molecular formula is C21H27O2P. The zero-order valence-corrected chi connectivity index (χ0v) is 16.5. The van der Waals surface area contributed by atoms with E-state index in [9.17, 15) is 4.79 Å². The molecule has 2 aromatic rings. The third kappa shape index (κ3) is 3.70. The standard InChI is InChI=1S/C21H27O2P/c1-7-21(5,18-12-15(3)10-16(4)20(18)23-6)24-19-9-8-14(2)11-17(19)13-22/h8-13,24H,7H2,1-6H3. The van der Waals surface area contributed by atoms with Gasteiger partial charge in [-0.15, -0.1) is 0 Å². The Bertz CT molecular complexity index is 752. The van der Waals surface area contributed by atoms with E-state index in [0.29, 0.717) is 8.58 Å². The largest absolute Gasteiger partial charge is 0.496 e. The van der Waals surface area contributed by atoms with E-state index in [1.165, 1.54) is 11.1 Å². The number of hydrogen-bond donors (Lipinski definition) is 0. The molecule has 128 valence electrons. The van der Waals surface area contributed by atoms with Crippen LogP contribution in [-0.2, 0) is 5.16 Å². The molecule has 0 bridgehead atoms. The van der Waals surface area contributed by atoms with Gasteiger partial charge in [-0.25, -0.2) is 0 Å². The molecule has 2 aromatic carbocycles. The third-order valence-electron chi connectivity index (χ3n) is 4.67. The van der Waals surface area contributed by atoms with Crippen LogP contribution in [0.2, 0.25) is 0 Å². The summed E-state index contributed by atoms with van der Waals surface area (Å²) < 4.78 is 5.73. The Morgan fingerprint density at radius 1 is 1.12 bits per heavy atom. The molecule has 0 fully saturated rings. The first-order valence-corrected chi connectivity index (χ1v) is 9.34. The maximum Gasteiger partial charge on any atom is 0.150 e. The fourth-order valence-electron chi connectivity index (χ4n) is 3.17. The van der Waals surface area contributed by atoms with Crippen molar-refractivity contribution in [3.63, 3.8) is 0 Å². The van der Waals surface area contributed by atoms with Gasteiger partial charge in [-0.1, -0.05) is 57.8 Å². The summed E-state index contributed by atoms with van der Waals surface area (Å²) in [6.45, 7) is 10.7. The lowest BCUT2D eigenvalue weighted by molar-refractivity contribution is 0.112. The van der Waals surface area contributed by atoms with Crippen LogP contribution in [0.1, 0.15) is 52.9 Å². The van der Waals surface area contributed by atoms with Crippen molar-refractivity contribution in [1.82, 2.24) is 0 Å². The Balaban J connectivity index is 2.56. The molecule has 24 heavy (non-hydrogen) atoms. The Kier molecular flexibility index (Phi) is 5.83. The van der Waals surface area contributed by atoms with E-state index in [-0.39, 0.29) is 5.16 Å². The van der Waals surface area contributed by atoms with Gasteiger partial charge in [0.05, 0.1) is 7.11 Å². The van der Waals surface area contributed by atoms with Crippen LogP contribution in [0, 0.1) is 20.8 Å². The summed E-state index contributed by atoms with van der Waals surface area (Å²) in [5.74, 6) is 0.970. The highest BCUT2D eigenvalue weighted by Gasteiger charge is 2.30. The highest BCUT2D eigenvalue weighted by molar-refractivity contribution is 7.48. The van der Waals surface area contributed by atoms with Gasteiger partial charge in [-0.05, 0) is 44.1 Å². The maximum atomic E-state index is 11.5. The van der Waals surface area contributed by atoms with E-state index in [1.807, 2.05) is 13.0 Å². The van der Waals surface area contributed by atoms with Crippen molar-refractivity contribution in [1.29, 1.82) is 0 Å². The molecule has 2 atom stereocenters. The second kappa shape index (κ2) is 7.49. The third-order valence-corrected chi connectivity index (χ3v) is 6.57. The summed E-state index contributed by atoms with van der Waals surface area (Å²) >= 11 is 0. The van der Waals surface area contributed by atoms with Crippen molar-refractivity contribution in [2.75, 3.05) is 7.11 Å². The van der Waals surface area contributed by atoms with Gasteiger partial charge in [0.2, 0.25) is 0 Å². The highest BCUT2D eigenvalue weighted by Crippen LogP contribution is 2.48. The molecule has 2 nitrogen and oxygen atoms in total. The van der Waals surface area contributed by atoms with Crippen LogP contribution in [0.25, 0.3) is 0 Å². The summed E-state index contributed by atoms with van der Waals surface area (Å²) in [6.07, 6.45) is 1.96. The first kappa shape index (κ1) is 18.7. The number of aldehydes is 1. The lowest BCUT2D eigenvalue weighted by Gasteiger charge is -2.32. The Labute approximate surface area is 147 Å². The first-order chi connectivity index (χ1) is 11.3. The van der Waals surface area contributed by atoms with E-state index in [0.717, 1.165) is 40.5 Å². The SMILES string of the molecule is CCC(C)(Pc1ccc(C)cc1C=O)c1cc(C)cc(C)c1OC. The molecule has 0 aliphatic carbocycles. The summed E-state index contributed by atoms with van der Waals surface area (Å²) in [7, 11) is 2.25. The number of carbonyl (C=O) groups is 1. The molecule has 0 amide bonds. The van der Waals surface area contributed by atoms with Gasteiger partial charge in [0, 0.05) is 16.3 Å². The number of benzene rings is 2.